The summed E-state index contributed by atoms with van der Waals surface area (Å²) in [5, 5.41) is 0. The third-order valence-electron chi connectivity index (χ3n) is 2.78. The van der Waals surface area contributed by atoms with Crippen LogP contribution in [0.3, 0.4) is 0 Å². The first-order valence-corrected chi connectivity index (χ1v) is 5.58. The largest absolute Gasteiger partial charge is 0.372 e. The molecule has 2 aromatic rings. The van der Waals surface area contributed by atoms with Crippen LogP contribution in [0, 0.1) is 0 Å². The van der Waals surface area contributed by atoms with E-state index in [1.807, 2.05) is 30.3 Å². The smallest absolute Gasteiger partial charge is 0.335 e. The van der Waals surface area contributed by atoms with Gasteiger partial charge in [0.15, 0.2) is 0 Å². The molecular weight excluding hydrogens is 230 g/mol. The Morgan fingerprint density at radius 1 is 1.06 bits per heavy atom. The quantitative estimate of drug-likeness (QED) is 0.778. The Hall–Kier alpha value is -2.30. The van der Waals surface area contributed by atoms with E-state index >= 15 is 0 Å². The molecule has 0 saturated carbocycles. The van der Waals surface area contributed by atoms with Gasteiger partial charge in [0.25, 0.3) is 5.56 Å². The van der Waals surface area contributed by atoms with E-state index < -0.39 is 0 Å². The highest BCUT2D eigenvalue weighted by Gasteiger charge is 2.10. The van der Waals surface area contributed by atoms with Crippen LogP contribution in [-0.2, 0) is 7.05 Å². The van der Waals surface area contributed by atoms with E-state index in [4.69, 9.17) is 0 Å². The SMILES string of the molecule is CN(C)c1cn(-c2ccccc2)c(=O)n(C)c1=O. The van der Waals surface area contributed by atoms with Gasteiger partial charge in [0.2, 0.25) is 0 Å². The van der Waals surface area contributed by atoms with Crippen molar-refractivity contribution >= 4 is 5.69 Å². The molecule has 0 aliphatic carbocycles. The summed E-state index contributed by atoms with van der Waals surface area (Å²) < 4.78 is 2.58. The van der Waals surface area contributed by atoms with Crippen molar-refractivity contribution in [3.8, 4) is 5.69 Å². The lowest BCUT2D eigenvalue weighted by atomic mass is 10.3. The summed E-state index contributed by atoms with van der Waals surface area (Å²) in [4.78, 5) is 25.7. The van der Waals surface area contributed by atoms with Gasteiger partial charge in [0.05, 0.1) is 5.69 Å². The van der Waals surface area contributed by atoms with Gasteiger partial charge in [-0.1, -0.05) is 18.2 Å². The number of benzene rings is 1. The molecule has 0 atom stereocenters. The summed E-state index contributed by atoms with van der Waals surface area (Å²) in [6, 6.07) is 9.23. The van der Waals surface area contributed by atoms with E-state index in [0.717, 1.165) is 10.3 Å². The zero-order valence-electron chi connectivity index (χ0n) is 10.6. The van der Waals surface area contributed by atoms with Crippen LogP contribution in [0.4, 0.5) is 5.69 Å². The Kier molecular flexibility index (Phi) is 3.06. The average Bonchev–Trinajstić information content (AvgIpc) is 2.37. The third-order valence-corrected chi connectivity index (χ3v) is 2.78. The van der Waals surface area contributed by atoms with Crippen molar-refractivity contribution in [3.63, 3.8) is 0 Å². The van der Waals surface area contributed by atoms with Crippen LogP contribution in [0.25, 0.3) is 5.69 Å². The highest BCUT2D eigenvalue weighted by atomic mass is 16.2. The molecule has 0 aliphatic heterocycles. The Bertz CT molecular complexity index is 669. The predicted molar refractivity (Wildman–Crippen MR) is 71.6 cm³/mol. The van der Waals surface area contributed by atoms with Crippen molar-refractivity contribution in [2.45, 2.75) is 0 Å². The summed E-state index contributed by atoms with van der Waals surface area (Å²) in [5.41, 5.74) is 0.566. The van der Waals surface area contributed by atoms with Gasteiger partial charge in [-0.25, -0.2) is 4.79 Å². The minimum absolute atomic E-state index is 0.294. The summed E-state index contributed by atoms with van der Waals surface area (Å²) >= 11 is 0. The summed E-state index contributed by atoms with van der Waals surface area (Å²) in [7, 11) is 5.03. The van der Waals surface area contributed by atoms with Crippen molar-refractivity contribution < 1.29 is 0 Å². The zero-order chi connectivity index (χ0) is 13.3. The molecule has 0 saturated heterocycles. The predicted octanol–water partition coefficient (Wildman–Crippen LogP) is 0.602. The molecule has 18 heavy (non-hydrogen) atoms. The van der Waals surface area contributed by atoms with Gasteiger partial charge >= 0.3 is 5.69 Å². The maximum Gasteiger partial charge on any atom is 0.335 e. The van der Waals surface area contributed by atoms with Gasteiger partial charge in [-0.15, -0.1) is 0 Å². The topological polar surface area (TPSA) is 47.2 Å². The first-order chi connectivity index (χ1) is 8.52. The van der Waals surface area contributed by atoms with Crippen LogP contribution in [0.1, 0.15) is 0 Å². The Morgan fingerprint density at radius 3 is 2.22 bits per heavy atom. The van der Waals surface area contributed by atoms with Crippen LogP contribution >= 0.6 is 0 Å². The van der Waals surface area contributed by atoms with Gasteiger partial charge in [-0.05, 0) is 12.1 Å². The standard InChI is InChI=1S/C13H15N3O2/c1-14(2)11-9-16(10-7-5-4-6-8-10)13(18)15(3)12(11)17/h4-9H,1-3H3. The van der Waals surface area contributed by atoms with Crippen LogP contribution in [0.15, 0.2) is 46.1 Å². The molecule has 0 bridgehead atoms. The molecule has 1 aromatic heterocycles. The molecule has 0 aliphatic rings. The number of para-hydroxylation sites is 1. The van der Waals surface area contributed by atoms with Crippen LogP contribution < -0.4 is 16.1 Å². The van der Waals surface area contributed by atoms with E-state index in [0.29, 0.717) is 5.69 Å². The molecule has 0 amide bonds. The minimum atomic E-state index is -0.350. The molecule has 0 fully saturated rings. The molecule has 94 valence electrons. The lowest BCUT2D eigenvalue weighted by Crippen LogP contribution is -2.39. The maximum atomic E-state index is 12.1. The fourth-order valence-corrected chi connectivity index (χ4v) is 1.73. The molecule has 5 heteroatoms. The highest BCUT2D eigenvalue weighted by molar-refractivity contribution is 5.43. The monoisotopic (exact) mass is 245 g/mol. The Morgan fingerprint density at radius 2 is 1.67 bits per heavy atom. The minimum Gasteiger partial charge on any atom is -0.372 e. The summed E-state index contributed by atoms with van der Waals surface area (Å²) in [5.74, 6) is 0. The van der Waals surface area contributed by atoms with Crippen molar-refractivity contribution in [1.29, 1.82) is 0 Å². The third kappa shape index (κ3) is 1.95. The van der Waals surface area contributed by atoms with Crippen LogP contribution in [0.2, 0.25) is 0 Å². The molecule has 0 unspecified atom stereocenters. The van der Waals surface area contributed by atoms with Crippen molar-refractivity contribution in [1.82, 2.24) is 9.13 Å². The zero-order valence-corrected chi connectivity index (χ0v) is 10.6. The van der Waals surface area contributed by atoms with Crippen molar-refractivity contribution in [3.05, 3.63) is 57.4 Å². The van der Waals surface area contributed by atoms with Crippen LogP contribution in [-0.4, -0.2) is 23.2 Å². The first-order valence-electron chi connectivity index (χ1n) is 5.58. The molecule has 1 heterocycles. The number of hydrogen-bond donors (Lipinski definition) is 0. The highest BCUT2D eigenvalue weighted by Crippen LogP contribution is 2.07. The summed E-state index contributed by atoms with van der Waals surface area (Å²) in [6.07, 6.45) is 1.57. The van der Waals surface area contributed by atoms with Gasteiger partial charge in [-0.3, -0.25) is 13.9 Å². The van der Waals surface area contributed by atoms with Gasteiger partial charge in [-0.2, -0.15) is 0 Å². The fraction of sp³-hybridized carbons (Fsp3) is 0.231. The Balaban J connectivity index is 2.78. The molecule has 1 aromatic carbocycles. The molecule has 5 nitrogen and oxygen atoms in total. The van der Waals surface area contributed by atoms with Gasteiger partial charge in [0.1, 0.15) is 5.69 Å². The second-order valence-corrected chi connectivity index (χ2v) is 4.26. The van der Waals surface area contributed by atoms with Crippen molar-refractivity contribution in [2.75, 3.05) is 19.0 Å². The fourth-order valence-electron chi connectivity index (χ4n) is 1.73. The van der Waals surface area contributed by atoms with Gasteiger partial charge < -0.3 is 4.90 Å². The molecule has 0 radical (unpaired) electrons. The first kappa shape index (κ1) is 12.2. The molecule has 0 N–H and O–H groups in total. The van der Waals surface area contributed by atoms with Gasteiger partial charge in [0, 0.05) is 27.3 Å². The van der Waals surface area contributed by atoms with E-state index in [9.17, 15) is 9.59 Å². The normalized spacial score (nSPS) is 10.4. The second kappa shape index (κ2) is 4.52. The van der Waals surface area contributed by atoms with E-state index in [1.165, 1.54) is 11.6 Å². The number of hydrogen-bond acceptors (Lipinski definition) is 3. The second-order valence-electron chi connectivity index (χ2n) is 4.26. The lowest BCUT2D eigenvalue weighted by molar-refractivity contribution is 0.724. The van der Waals surface area contributed by atoms with E-state index in [2.05, 4.69) is 0 Å². The van der Waals surface area contributed by atoms with E-state index in [1.54, 1.807) is 25.2 Å². The van der Waals surface area contributed by atoms with Crippen LogP contribution in [0.5, 0.6) is 0 Å². The summed E-state index contributed by atoms with van der Waals surface area (Å²) in [6.45, 7) is 0. The molecule has 2 rings (SSSR count). The van der Waals surface area contributed by atoms with E-state index in [-0.39, 0.29) is 11.2 Å². The number of anilines is 1. The maximum absolute atomic E-state index is 12.1. The Labute approximate surface area is 105 Å². The molecular formula is C13H15N3O2. The number of aromatic nitrogens is 2. The lowest BCUT2D eigenvalue weighted by Gasteiger charge is -2.15. The number of nitrogens with zero attached hydrogens (tertiary/aromatic N) is 3. The number of rotatable bonds is 2. The molecule has 0 spiro atoms. The average molecular weight is 245 g/mol. The van der Waals surface area contributed by atoms with Crippen molar-refractivity contribution in [2.24, 2.45) is 7.05 Å².